The second kappa shape index (κ2) is 7.47. The summed E-state index contributed by atoms with van der Waals surface area (Å²) >= 11 is 0. The largest absolute Gasteiger partial charge is 0.461 e. The monoisotopic (exact) mass is 334 g/mol. The molecule has 0 N–H and O–H groups in total. The number of benzene rings is 1. The molecule has 0 amide bonds. The number of hydrogen-bond donors (Lipinski definition) is 0. The summed E-state index contributed by atoms with van der Waals surface area (Å²) in [7, 11) is 0. The van der Waals surface area contributed by atoms with Crippen LogP contribution >= 0.6 is 0 Å². The Morgan fingerprint density at radius 1 is 1.21 bits per heavy atom. The molecule has 2 rings (SSSR count). The van der Waals surface area contributed by atoms with E-state index in [2.05, 4.69) is 0 Å². The van der Waals surface area contributed by atoms with E-state index >= 15 is 0 Å². The van der Waals surface area contributed by atoms with Crippen molar-refractivity contribution < 1.29 is 28.6 Å². The molecule has 0 saturated carbocycles. The van der Waals surface area contributed by atoms with E-state index in [9.17, 15) is 14.4 Å². The first-order chi connectivity index (χ1) is 11.3. The highest BCUT2D eigenvalue weighted by Crippen LogP contribution is 2.40. The van der Waals surface area contributed by atoms with Crippen molar-refractivity contribution in [3.05, 3.63) is 35.9 Å². The Labute approximate surface area is 141 Å². The summed E-state index contributed by atoms with van der Waals surface area (Å²) in [6.45, 7) is 4.86. The van der Waals surface area contributed by atoms with Gasteiger partial charge in [-0.2, -0.15) is 0 Å². The normalized spacial score (nSPS) is 22.5. The van der Waals surface area contributed by atoms with Gasteiger partial charge in [0.15, 0.2) is 0 Å². The molecule has 0 bridgehead atoms. The average molecular weight is 334 g/mol. The van der Waals surface area contributed by atoms with Crippen LogP contribution in [0.5, 0.6) is 0 Å². The zero-order valence-electron chi connectivity index (χ0n) is 14.1. The minimum absolute atomic E-state index is 0.0629. The topological polar surface area (TPSA) is 78.9 Å². The van der Waals surface area contributed by atoms with Crippen LogP contribution in [0.25, 0.3) is 0 Å². The van der Waals surface area contributed by atoms with Gasteiger partial charge in [-0.05, 0) is 17.9 Å². The Morgan fingerprint density at radius 3 is 2.42 bits per heavy atom. The van der Waals surface area contributed by atoms with E-state index in [1.165, 1.54) is 6.92 Å². The average Bonchev–Trinajstić information content (AvgIpc) is 2.54. The van der Waals surface area contributed by atoms with Gasteiger partial charge in [-0.3, -0.25) is 9.59 Å². The van der Waals surface area contributed by atoms with Crippen LogP contribution in [-0.4, -0.2) is 30.1 Å². The molecule has 24 heavy (non-hydrogen) atoms. The van der Waals surface area contributed by atoms with Crippen molar-refractivity contribution in [1.29, 1.82) is 0 Å². The zero-order chi connectivity index (χ0) is 17.7. The molecule has 0 spiro atoms. The van der Waals surface area contributed by atoms with Gasteiger partial charge in [-0.1, -0.05) is 44.2 Å². The number of ether oxygens (including phenoxy) is 3. The van der Waals surface area contributed by atoms with Crippen LogP contribution in [0, 0.1) is 11.8 Å². The lowest BCUT2D eigenvalue weighted by Gasteiger charge is -2.44. The number of hydrogen-bond acceptors (Lipinski definition) is 6. The Hall–Kier alpha value is -2.37. The molecule has 1 fully saturated rings. The van der Waals surface area contributed by atoms with Gasteiger partial charge in [0.05, 0.1) is 0 Å². The molecule has 0 radical (unpaired) electrons. The van der Waals surface area contributed by atoms with E-state index in [4.69, 9.17) is 14.2 Å². The number of cyclic esters (lactones) is 1. The van der Waals surface area contributed by atoms with Crippen molar-refractivity contribution in [3.63, 3.8) is 0 Å². The molecule has 6 heteroatoms. The molecule has 2 atom stereocenters. The van der Waals surface area contributed by atoms with Gasteiger partial charge in [0.25, 0.3) is 5.60 Å². The van der Waals surface area contributed by atoms with Crippen LogP contribution in [0.15, 0.2) is 30.3 Å². The number of rotatable bonds is 7. The third-order valence-corrected chi connectivity index (χ3v) is 3.89. The van der Waals surface area contributed by atoms with Crippen molar-refractivity contribution in [3.8, 4) is 0 Å². The van der Waals surface area contributed by atoms with Gasteiger partial charge in [-0.15, -0.1) is 0 Å². The van der Waals surface area contributed by atoms with Crippen molar-refractivity contribution in [2.24, 2.45) is 11.8 Å². The summed E-state index contributed by atoms with van der Waals surface area (Å²) < 4.78 is 15.4. The molecule has 1 heterocycles. The second-order valence-corrected chi connectivity index (χ2v) is 6.33. The molecule has 1 aliphatic heterocycles. The summed E-state index contributed by atoms with van der Waals surface area (Å²) in [4.78, 5) is 35.5. The third kappa shape index (κ3) is 3.93. The van der Waals surface area contributed by atoms with Crippen molar-refractivity contribution in [1.82, 2.24) is 0 Å². The van der Waals surface area contributed by atoms with Crippen LogP contribution in [0.2, 0.25) is 0 Å². The van der Waals surface area contributed by atoms with Crippen LogP contribution < -0.4 is 0 Å². The Morgan fingerprint density at radius 2 is 1.88 bits per heavy atom. The van der Waals surface area contributed by atoms with E-state index in [1.807, 2.05) is 44.2 Å². The predicted molar refractivity (Wildman–Crippen MR) is 84.6 cm³/mol. The molecule has 0 aromatic heterocycles. The van der Waals surface area contributed by atoms with Gasteiger partial charge in [0.2, 0.25) is 0 Å². The number of carbonyl (C=O) groups is 3. The van der Waals surface area contributed by atoms with E-state index in [1.54, 1.807) is 0 Å². The minimum atomic E-state index is -1.54. The van der Waals surface area contributed by atoms with E-state index in [-0.39, 0.29) is 19.1 Å². The summed E-state index contributed by atoms with van der Waals surface area (Å²) in [6.07, 6.45) is 0.459. The maximum absolute atomic E-state index is 12.6. The molecule has 1 saturated heterocycles. The second-order valence-electron chi connectivity index (χ2n) is 6.33. The standard InChI is InChI=1S/C18H22O6/c1-12(2)9-15-16(20)24-18(15,11-23-13(3)19)17(21)22-10-14-7-5-4-6-8-14/h4-8,12,15H,9-11H2,1-3H3/t15-,18+/m0/s1. The summed E-state index contributed by atoms with van der Waals surface area (Å²) in [6, 6.07) is 9.18. The van der Waals surface area contributed by atoms with E-state index in [0.29, 0.717) is 6.42 Å². The lowest BCUT2D eigenvalue weighted by atomic mass is 9.77. The maximum Gasteiger partial charge on any atom is 0.355 e. The van der Waals surface area contributed by atoms with Crippen LogP contribution in [0.3, 0.4) is 0 Å². The van der Waals surface area contributed by atoms with Gasteiger partial charge in [-0.25, -0.2) is 4.79 Å². The van der Waals surface area contributed by atoms with Crippen molar-refractivity contribution in [2.45, 2.75) is 39.4 Å². The number of carbonyl (C=O) groups excluding carboxylic acids is 3. The van der Waals surface area contributed by atoms with Crippen molar-refractivity contribution in [2.75, 3.05) is 6.61 Å². The maximum atomic E-state index is 12.6. The Kier molecular flexibility index (Phi) is 5.59. The molecule has 1 aromatic rings. The third-order valence-electron chi connectivity index (χ3n) is 3.89. The molecular formula is C18H22O6. The molecule has 0 unspecified atom stereocenters. The van der Waals surface area contributed by atoms with Crippen molar-refractivity contribution >= 4 is 17.9 Å². The molecule has 1 aliphatic rings. The lowest BCUT2D eigenvalue weighted by molar-refractivity contribution is -0.237. The zero-order valence-corrected chi connectivity index (χ0v) is 14.1. The van der Waals surface area contributed by atoms with Crippen LogP contribution in [0.1, 0.15) is 32.8 Å². The molecule has 1 aromatic carbocycles. The van der Waals surface area contributed by atoms with Gasteiger partial charge in [0, 0.05) is 6.92 Å². The van der Waals surface area contributed by atoms with E-state index < -0.39 is 29.4 Å². The first-order valence-corrected chi connectivity index (χ1v) is 7.92. The SMILES string of the molecule is CC(=O)OC[C@@]1(C(=O)OCc2ccccc2)OC(=O)[C@@H]1CC(C)C. The summed E-state index contributed by atoms with van der Waals surface area (Å²) in [5.74, 6) is -2.18. The predicted octanol–water partition coefficient (Wildman–Crippen LogP) is 2.25. The fraction of sp³-hybridized carbons (Fsp3) is 0.500. The summed E-state index contributed by atoms with van der Waals surface area (Å²) in [5, 5.41) is 0. The lowest BCUT2D eigenvalue weighted by Crippen LogP contribution is -2.66. The first kappa shape index (κ1) is 18.0. The number of esters is 3. The highest BCUT2D eigenvalue weighted by molar-refractivity contribution is 5.96. The highest BCUT2D eigenvalue weighted by atomic mass is 16.6. The molecular weight excluding hydrogens is 312 g/mol. The fourth-order valence-corrected chi connectivity index (χ4v) is 2.64. The minimum Gasteiger partial charge on any atom is -0.461 e. The smallest absolute Gasteiger partial charge is 0.355 e. The van der Waals surface area contributed by atoms with Gasteiger partial charge < -0.3 is 14.2 Å². The highest BCUT2D eigenvalue weighted by Gasteiger charge is 2.64. The summed E-state index contributed by atoms with van der Waals surface area (Å²) in [5.41, 5.74) is -0.721. The fourth-order valence-electron chi connectivity index (χ4n) is 2.64. The van der Waals surface area contributed by atoms with Gasteiger partial charge >= 0.3 is 17.9 Å². The molecule has 6 nitrogen and oxygen atoms in total. The van der Waals surface area contributed by atoms with Crippen LogP contribution in [-0.2, 0) is 35.2 Å². The molecule has 130 valence electrons. The first-order valence-electron chi connectivity index (χ1n) is 7.92. The Balaban J connectivity index is 2.11. The van der Waals surface area contributed by atoms with Gasteiger partial charge in [0.1, 0.15) is 19.1 Å². The van der Waals surface area contributed by atoms with E-state index in [0.717, 1.165) is 5.56 Å². The Bertz CT molecular complexity index is 609. The van der Waals surface area contributed by atoms with Crippen LogP contribution in [0.4, 0.5) is 0 Å². The quantitative estimate of drug-likeness (QED) is 0.562. The molecule has 0 aliphatic carbocycles.